The molecule has 106 valence electrons. The molecule has 0 aromatic heterocycles. The lowest BCUT2D eigenvalue weighted by atomic mass is 10.2. The van der Waals surface area contributed by atoms with Crippen molar-refractivity contribution in [2.24, 2.45) is 0 Å². The molecule has 6 heteroatoms. The number of alkyl halides is 3. The van der Waals surface area contributed by atoms with Gasteiger partial charge in [-0.25, -0.2) is 0 Å². The first-order chi connectivity index (χ1) is 9.40. The van der Waals surface area contributed by atoms with Crippen LogP contribution in [0.2, 0.25) is 5.02 Å². The van der Waals surface area contributed by atoms with Crippen molar-refractivity contribution in [3.63, 3.8) is 0 Å². The van der Waals surface area contributed by atoms with E-state index in [0.29, 0.717) is 5.56 Å². The average molecular weight is 303 g/mol. The summed E-state index contributed by atoms with van der Waals surface area (Å²) in [6.45, 7) is -0.177. The molecule has 2 rings (SSSR count). The van der Waals surface area contributed by atoms with Crippen LogP contribution in [0.15, 0.2) is 42.5 Å². The second-order valence-corrected chi connectivity index (χ2v) is 4.46. The molecule has 0 spiro atoms. The monoisotopic (exact) mass is 302 g/mol. The van der Waals surface area contributed by atoms with Gasteiger partial charge < -0.3 is 9.84 Å². The molecular formula is C14H10ClF3O2. The number of hydrogen-bond acceptors (Lipinski definition) is 2. The summed E-state index contributed by atoms with van der Waals surface area (Å²) >= 11 is 5.93. The summed E-state index contributed by atoms with van der Waals surface area (Å²) < 4.78 is 43.1. The Morgan fingerprint density at radius 1 is 1.10 bits per heavy atom. The average Bonchev–Trinajstić information content (AvgIpc) is 2.40. The van der Waals surface area contributed by atoms with Crippen molar-refractivity contribution in [2.45, 2.75) is 12.8 Å². The van der Waals surface area contributed by atoms with Crippen LogP contribution in [0.1, 0.15) is 11.1 Å². The van der Waals surface area contributed by atoms with Crippen LogP contribution < -0.4 is 4.74 Å². The second kappa shape index (κ2) is 5.73. The van der Waals surface area contributed by atoms with Gasteiger partial charge in [0.2, 0.25) is 0 Å². The minimum Gasteiger partial charge on any atom is -0.456 e. The van der Waals surface area contributed by atoms with Crippen molar-refractivity contribution < 1.29 is 23.0 Å². The third-order valence-corrected chi connectivity index (χ3v) is 2.86. The van der Waals surface area contributed by atoms with Gasteiger partial charge in [0, 0.05) is 0 Å². The van der Waals surface area contributed by atoms with Crippen LogP contribution in [0.4, 0.5) is 13.2 Å². The number of hydrogen-bond donors (Lipinski definition) is 1. The first-order valence-corrected chi connectivity index (χ1v) is 6.02. The zero-order chi connectivity index (χ0) is 14.8. The van der Waals surface area contributed by atoms with Gasteiger partial charge in [-0.3, -0.25) is 0 Å². The van der Waals surface area contributed by atoms with E-state index in [2.05, 4.69) is 0 Å². The summed E-state index contributed by atoms with van der Waals surface area (Å²) in [5, 5.41) is 9.16. The molecule has 0 fully saturated rings. The smallest absolute Gasteiger partial charge is 0.416 e. The molecule has 2 aromatic carbocycles. The molecule has 2 nitrogen and oxygen atoms in total. The maximum absolute atomic E-state index is 12.6. The summed E-state index contributed by atoms with van der Waals surface area (Å²) in [5.74, 6) is 0.265. The predicted molar refractivity (Wildman–Crippen MR) is 68.9 cm³/mol. The fourth-order valence-corrected chi connectivity index (χ4v) is 1.83. The highest BCUT2D eigenvalue weighted by Gasteiger charge is 2.30. The number of aliphatic hydroxyl groups excluding tert-OH is 1. The van der Waals surface area contributed by atoms with Crippen molar-refractivity contribution in [3.8, 4) is 11.5 Å². The van der Waals surface area contributed by atoms with Gasteiger partial charge in [-0.05, 0) is 35.9 Å². The number of rotatable bonds is 3. The molecule has 0 aliphatic carbocycles. The zero-order valence-electron chi connectivity index (χ0n) is 10.1. The number of halogens is 4. The van der Waals surface area contributed by atoms with Crippen molar-refractivity contribution in [2.75, 3.05) is 0 Å². The van der Waals surface area contributed by atoms with Gasteiger partial charge in [0.1, 0.15) is 11.5 Å². The Morgan fingerprint density at radius 2 is 1.85 bits per heavy atom. The Labute approximate surface area is 118 Å². The third-order valence-electron chi connectivity index (χ3n) is 2.57. The van der Waals surface area contributed by atoms with Gasteiger partial charge in [0.25, 0.3) is 0 Å². The highest BCUT2D eigenvalue weighted by Crippen LogP contribution is 2.34. The van der Waals surface area contributed by atoms with Crippen LogP contribution in [0, 0.1) is 0 Å². The first-order valence-electron chi connectivity index (χ1n) is 5.64. The van der Waals surface area contributed by atoms with Crippen molar-refractivity contribution in [1.29, 1.82) is 0 Å². The fourth-order valence-electron chi connectivity index (χ4n) is 1.59. The maximum Gasteiger partial charge on any atom is 0.416 e. The van der Waals surface area contributed by atoms with E-state index in [0.717, 1.165) is 12.1 Å². The normalized spacial score (nSPS) is 11.4. The Bertz CT molecular complexity index is 612. The van der Waals surface area contributed by atoms with Crippen molar-refractivity contribution in [1.82, 2.24) is 0 Å². The number of benzene rings is 2. The van der Waals surface area contributed by atoms with Crippen LogP contribution in [-0.4, -0.2) is 5.11 Å². The molecule has 0 unspecified atom stereocenters. The number of ether oxygens (including phenoxy) is 1. The van der Waals surface area contributed by atoms with E-state index in [-0.39, 0.29) is 23.1 Å². The Morgan fingerprint density at radius 3 is 2.45 bits per heavy atom. The second-order valence-electron chi connectivity index (χ2n) is 4.05. The zero-order valence-corrected chi connectivity index (χ0v) is 10.9. The molecule has 0 saturated heterocycles. The Balaban J connectivity index is 2.26. The molecule has 0 aliphatic heterocycles. The quantitative estimate of drug-likeness (QED) is 0.894. The van der Waals surface area contributed by atoms with Gasteiger partial charge in [0.15, 0.2) is 0 Å². The summed E-state index contributed by atoms with van der Waals surface area (Å²) in [7, 11) is 0. The molecule has 0 atom stereocenters. The van der Waals surface area contributed by atoms with E-state index in [9.17, 15) is 13.2 Å². The van der Waals surface area contributed by atoms with Gasteiger partial charge >= 0.3 is 6.18 Å². The van der Waals surface area contributed by atoms with E-state index in [4.69, 9.17) is 21.4 Å². The van der Waals surface area contributed by atoms with E-state index < -0.39 is 11.7 Å². The lowest BCUT2D eigenvalue weighted by molar-refractivity contribution is -0.137. The Hall–Kier alpha value is -1.72. The van der Waals surface area contributed by atoms with Gasteiger partial charge in [-0.2, -0.15) is 13.2 Å². The summed E-state index contributed by atoms with van der Waals surface area (Å²) in [6, 6.07) is 9.09. The Kier molecular flexibility index (Phi) is 4.20. The largest absolute Gasteiger partial charge is 0.456 e. The molecule has 0 heterocycles. The van der Waals surface area contributed by atoms with Crippen LogP contribution in [0.3, 0.4) is 0 Å². The third kappa shape index (κ3) is 3.43. The number of aliphatic hydroxyl groups is 1. The van der Waals surface area contributed by atoms with Gasteiger partial charge in [0.05, 0.1) is 17.2 Å². The van der Waals surface area contributed by atoms with Crippen molar-refractivity contribution >= 4 is 11.6 Å². The summed E-state index contributed by atoms with van der Waals surface area (Å²) in [6.07, 6.45) is -4.43. The predicted octanol–water partition coefficient (Wildman–Crippen LogP) is 4.64. The van der Waals surface area contributed by atoms with Gasteiger partial charge in [-0.1, -0.05) is 23.7 Å². The molecule has 0 radical (unpaired) electrons. The minimum atomic E-state index is -4.43. The molecule has 0 aliphatic rings. The van der Waals surface area contributed by atoms with E-state index >= 15 is 0 Å². The highest BCUT2D eigenvalue weighted by atomic mass is 35.5. The maximum atomic E-state index is 12.6. The molecule has 0 amide bonds. The molecule has 2 aromatic rings. The SMILES string of the molecule is OCc1ccc(Oc2cccc(C(F)(F)F)c2)c(Cl)c1. The minimum absolute atomic E-state index is 0.0403. The molecular weight excluding hydrogens is 293 g/mol. The molecule has 0 saturated carbocycles. The van der Waals surface area contributed by atoms with Crippen LogP contribution in [0.25, 0.3) is 0 Å². The van der Waals surface area contributed by atoms with E-state index in [1.54, 1.807) is 6.07 Å². The van der Waals surface area contributed by atoms with E-state index in [1.807, 2.05) is 0 Å². The van der Waals surface area contributed by atoms with Crippen LogP contribution in [-0.2, 0) is 12.8 Å². The van der Waals surface area contributed by atoms with Gasteiger partial charge in [-0.15, -0.1) is 0 Å². The standard InChI is InChI=1S/C14H10ClF3O2/c15-12-6-9(8-19)4-5-13(12)20-11-3-1-2-10(7-11)14(16,17)18/h1-7,19H,8H2. The summed E-state index contributed by atoms with van der Waals surface area (Å²) in [5.41, 5.74) is -0.204. The van der Waals surface area contributed by atoms with E-state index in [1.165, 1.54) is 24.3 Å². The molecule has 20 heavy (non-hydrogen) atoms. The fraction of sp³-hybridized carbons (Fsp3) is 0.143. The topological polar surface area (TPSA) is 29.5 Å². The first kappa shape index (κ1) is 14.7. The summed E-state index contributed by atoms with van der Waals surface area (Å²) in [4.78, 5) is 0. The molecule has 0 bridgehead atoms. The van der Waals surface area contributed by atoms with Crippen molar-refractivity contribution in [3.05, 3.63) is 58.6 Å². The lowest BCUT2D eigenvalue weighted by Crippen LogP contribution is -2.04. The highest BCUT2D eigenvalue weighted by molar-refractivity contribution is 6.32. The molecule has 1 N–H and O–H groups in total. The van der Waals surface area contributed by atoms with Crippen LogP contribution >= 0.6 is 11.6 Å². The van der Waals surface area contributed by atoms with Crippen LogP contribution in [0.5, 0.6) is 11.5 Å². The lowest BCUT2D eigenvalue weighted by Gasteiger charge is -2.11.